The van der Waals surface area contributed by atoms with Crippen molar-refractivity contribution in [3.63, 3.8) is 0 Å². The molecule has 0 fully saturated rings. The van der Waals surface area contributed by atoms with E-state index in [1.165, 1.54) is 11.6 Å². The van der Waals surface area contributed by atoms with Gasteiger partial charge in [-0.2, -0.15) is 5.10 Å². The van der Waals surface area contributed by atoms with Crippen molar-refractivity contribution < 1.29 is 19.0 Å². The Morgan fingerprint density at radius 1 is 1.04 bits per heavy atom. The van der Waals surface area contributed by atoms with Crippen LogP contribution in [0.3, 0.4) is 0 Å². The maximum Gasteiger partial charge on any atom is 0.358 e. The van der Waals surface area contributed by atoms with E-state index >= 15 is 0 Å². The molecular formula is C16H15N3O4. The third kappa shape index (κ3) is 2.68. The number of rotatable bonds is 4. The molecule has 0 aliphatic heterocycles. The zero-order chi connectivity index (χ0) is 16.4. The fourth-order valence-electron chi connectivity index (χ4n) is 2.24. The van der Waals surface area contributed by atoms with E-state index in [2.05, 4.69) is 14.8 Å². The highest BCUT2D eigenvalue weighted by Gasteiger charge is 2.13. The Bertz CT molecular complexity index is 873. The lowest BCUT2D eigenvalue weighted by atomic mass is 10.1. The Labute approximate surface area is 132 Å². The summed E-state index contributed by atoms with van der Waals surface area (Å²) in [5.41, 5.74) is 2.36. The number of hydrogen-bond donors (Lipinski definition) is 0. The molecular weight excluding hydrogens is 298 g/mol. The topological polar surface area (TPSA) is 75.0 Å². The van der Waals surface area contributed by atoms with E-state index < -0.39 is 5.97 Å². The first-order valence-corrected chi connectivity index (χ1v) is 6.83. The largest absolute Gasteiger partial charge is 0.493 e. The SMILES string of the molecule is COC(=O)c1cc2nc(-c3ccc(OC)c(OC)c3)ccn2n1. The Morgan fingerprint density at radius 2 is 1.83 bits per heavy atom. The van der Waals surface area contributed by atoms with Gasteiger partial charge >= 0.3 is 5.97 Å². The van der Waals surface area contributed by atoms with Crippen LogP contribution in [0.2, 0.25) is 0 Å². The summed E-state index contributed by atoms with van der Waals surface area (Å²) in [5.74, 6) is 0.772. The molecule has 3 rings (SSSR count). The lowest BCUT2D eigenvalue weighted by Gasteiger charge is -2.09. The van der Waals surface area contributed by atoms with Crippen LogP contribution < -0.4 is 9.47 Å². The maximum absolute atomic E-state index is 11.5. The van der Waals surface area contributed by atoms with Crippen molar-refractivity contribution in [2.24, 2.45) is 0 Å². The number of carbonyl (C=O) groups is 1. The molecule has 0 aliphatic carbocycles. The summed E-state index contributed by atoms with van der Waals surface area (Å²) in [6.45, 7) is 0. The van der Waals surface area contributed by atoms with E-state index in [0.717, 1.165) is 11.3 Å². The fraction of sp³-hybridized carbons (Fsp3) is 0.188. The first-order chi connectivity index (χ1) is 11.2. The van der Waals surface area contributed by atoms with Gasteiger partial charge in [0.25, 0.3) is 0 Å². The summed E-state index contributed by atoms with van der Waals surface area (Å²) in [6.07, 6.45) is 1.74. The van der Waals surface area contributed by atoms with Gasteiger partial charge in [-0.05, 0) is 24.3 Å². The molecule has 0 saturated heterocycles. The van der Waals surface area contributed by atoms with Gasteiger partial charge in [0.05, 0.1) is 27.0 Å². The quantitative estimate of drug-likeness (QED) is 0.687. The predicted octanol–water partition coefficient (Wildman–Crippen LogP) is 2.20. The van der Waals surface area contributed by atoms with Crippen molar-refractivity contribution in [1.29, 1.82) is 0 Å². The van der Waals surface area contributed by atoms with E-state index in [4.69, 9.17) is 9.47 Å². The summed E-state index contributed by atoms with van der Waals surface area (Å²) in [7, 11) is 4.48. The number of carbonyl (C=O) groups excluding carboxylic acids is 1. The molecule has 0 atom stereocenters. The molecule has 2 heterocycles. The number of methoxy groups -OCH3 is 3. The lowest BCUT2D eigenvalue weighted by Crippen LogP contribution is -2.01. The molecule has 0 amide bonds. The van der Waals surface area contributed by atoms with Crippen molar-refractivity contribution in [2.45, 2.75) is 0 Å². The van der Waals surface area contributed by atoms with Gasteiger partial charge in [0, 0.05) is 17.8 Å². The summed E-state index contributed by atoms with van der Waals surface area (Å²) < 4.78 is 16.7. The van der Waals surface area contributed by atoms with Crippen LogP contribution in [-0.2, 0) is 4.74 Å². The molecule has 0 bridgehead atoms. The highest BCUT2D eigenvalue weighted by molar-refractivity contribution is 5.88. The van der Waals surface area contributed by atoms with Crippen molar-refractivity contribution in [3.05, 3.63) is 42.2 Å². The molecule has 0 saturated carbocycles. The van der Waals surface area contributed by atoms with Crippen LogP contribution in [0.25, 0.3) is 16.9 Å². The number of esters is 1. The average molecular weight is 313 g/mol. The highest BCUT2D eigenvalue weighted by atomic mass is 16.5. The smallest absolute Gasteiger partial charge is 0.358 e. The molecule has 7 heteroatoms. The molecule has 0 radical (unpaired) electrons. The Kier molecular flexibility index (Phi) is 3.84. The molecule has 2 aromatic heterocycles. The Hall–Kier alpha value is -3.09. The van der Waals surface area contributed by atoms with Crippen LogP contribution >= 0.6 is 0 Å². The van der Waals surface area contributed by atoms with Gasteiger partial charge in [-0.3, -0.25) is 0 Å². The minimum absolute atomic E-state index is 0.212. The fourth-order valence-corrected chi connectivity index (χ4v) is 2.24. The van der Waals surface area contributed by atoms with E-state index in [9.17, 15) is 4.79 Å². The van der Waals surface area contributed by atoms with Gasteiger partial charge in [0.2, 0.25) is 0 Å². The molecule has 1 aromatic carbocycles. The van der Waals surface area contributed by atoms with Crippen molar-refractivity contribution in [1.82, 2.24) is 14.6 Å². The predicted molar refractivity (Wildman–Crippen MR) is 82.9 cm³/mol. The van der Waals surface area contributed by atoms with Crippen molar-refractivity contribution >= 4 is 11.6 Å². The van der Waals surface area contributed by atoms with Gasteiger partial charge in [-0.1, -0.05) is 0 Å². The number of aromatic nitrogens is 3. The van der Waals surface area contributed by atoms with Gasteiger partial charge in [0.15, 0.2) is 22.8 Å². The zero-order valence-corrected chi connectivity index (χ0v) is 12.9. The summed E-state index contributed by atoms with van der Waals surface area (Å²) in [4.78, 5) is 16.0. The van der Waals surface area contributed by atoms with Crippen LogP contribution in [0.4, 0.5) is 0 Å². The molecule has 0 unspecified atom stereocenters. The normalized spacial score (nSPS) is 10.6. The second kappa shape index (κ2) is 5.96. The van der Waals surface area contributed by atoms with Crippen LogP contribution in [-0.4, -0.2) is 41.9 Å². The van der Waals surface area contributed by atoms with Gasteiger partial charge in [0.1, 0.15) is 0 Å². The average Bonchev–Trinajstić information content (AvgIpc) is 3.03. The molecule has 7 nitrogen and oxygen atoms in total. The van der Waals surface area contributed by atoms with Gasteiger partial charge in [-0.15, -0.1) is 0 Å². The van der Waals surface area contributed by atoms with Crippen molar-refractivity contribution in [2.75, 3.05) is 21.3 Å². The summed E-state index contributed by atoms with van der Waals surface area (Å²) in [6, 6.07) is 8.93. The summed E-state index contributed by atoms with van der Waals surface area (Å²) in [5, 5.41) is 4.11. The molecule has 0 spiro atoms. The van der Waals surface area contributed by atoms with E-state index in [0.29, 0.717) is 17.1 Å². The minimum atomic E-state index is -0.497. The Morgan fingerprint density at radius 3 is 2.52 bits per heavy atom. The van der Waals surface area contributed by atoms with E-state index in [1.54, 1.807) is 26.5 Å². The van der Waals surface area contributed by atoms with Crippen LogP contribution in [0.1, 0.15) is 10.5 Å². The second-order valence-electron chi connectivity index (χ2n) is 4.71. The second-order valence-corrected chi connectivity index (χ2v) is 4.71. The monoisotopic (exact) mass is 313 g/mol. The maximum atomic E-state index is 11.5. The Balaban J connectivity index is 2.04. The minimum Gasteiger partial charge on any atom is -0.493 e. The number of benzene rings is 1. The number of hydrogen-bond acceptors (Lipinski definition) is 6. The van der Waals surface area contributed by atoms with E-state index in [-0.39, 0.29) is 5.69 Å². The first kappa shape index (κ1) is 14.8. The zero-order valence-electron chi connectivity index (χ0n) is 12.9. The van der Waals surface area contributed by atoms with Crippen LogP contribution in [0.5, 0.6) is 11.5 Å². The number of ether oxygens (including phenoxy) is 3. The van der Waals surface area contributed by atoms with E-state index in [1.807, 2.05) is 24.3 Å². The highest BCUT2D eigenvalue weighted by Crippen LogP contribution is 2.31. The standard InChI is InChI=1S/C16H15N3O4/c1-21-13-5-4-10(8-14(13)22-2)11-6-7-19-15(17-11)9-12(18-19)16(20)23-3/h4-9H,1-3H3. The molecule has 0 aliphatic rings. The molecule has 118 valence electrons. The summed E-state index contributed by atoms with van der Waals surface area (Å²) >= 11 is 0. The third-order valence-electron chi connectivity index (χ3n) is 3.40. The molecule has 23 heavy (non-hydrogen) atoms. The third-order valence-corrected chi connectivity index (χ3v) is 3.40. The molecule has 0 N–H and O–H groups in total. The first-order valence-electron chi connectivity index (χ1n) is 6.83. The number of fused-ring (bicyclic) bond motifs is 1. The van der Waals surface area contributed by atoms with Crippen molar-refractivity contribution in [3.8, 4) is 22.8 Å². The van der Waals surface area contributed by atoms with Crippen LogP contribution in [0, 0.1) is 0 Å². The van der Waals surface area contributed by atoms with Crippen LogP contribution in [0.15, 0.2) is 36.5 Å². The lowest BCUT2D eigenvalue weighted by molar-refractivity contribution is 0.0593. The van der Waals surface area contributed by atoms with Gasteiger partial charge < -0.3 is 14.2 Å². The number of nitrogens with zero attached hydrogens (tertiary/aromatic N) is 3. The van der Waals surface area contributed by atoms with Gasteiger partial charge in [-0.25, -0.2) is 14.3 Å². The molecule has 3 aromatic rings.